The highest BCUT2D eigenvalue weighted by atomic mass is 16.3. The number of amides is 2. The van der Waals surface area contributed by atoms with Gasteiger partial charge < -0.3 is 14.6 Å². The van der Waals surface area contributed by atoms with Crippen LogP contribution in [0, 0.1) is 0 Å². The van der Waals surface area contributed by atoms with E-state index in [2.05, 4.69) is 17.4 Å². The number of hydrogen-bond acceptors (Lipinski definition) is 3. The summed E-state index contributed by atoms with van der Waals surface area (Å²) in [5.74, 6) is -0.118. The molecule has 2 amide bonds. The van der Waals surface area contributed by atoms with Gasteiger partial charge >= 0.3 is 0 Å². The van der Waals surface area contributed by atoms with Gasteiger partial charge in [0.2, 0.25) is 5.91 Å². The molecule has 0 saturated heterocycles. The zero-order valence-corrected chi connectivity index (χ0v) is 16.2. The summed E-state index contributed by atoms with van der Waals surface area (Å²) in [6.45, 7) is 0.979. The predicted molar refractivity (Wildman–Crippen MR) is 110 cm³/mol. The van der Waals surface area contributed by atoms with E-state index in [1.165, 1.54) is 11.8 Å². The quantitative estimate of drug-likeness (QED) is 0.657. The van der Waals surface area contributed by atoms with Crippen LogP contribution in [0.15, 0.2) is 77.4 Å². The standard InChI is InChI=1S/C24H24N2O3/c27-23(25-14-6-10-18-8-2-1-3-9-18)21-16-19-11-4-5-12-20(19)17-26(21)24(28)22-13-7-15-29-22/h1-5,7-9,11-13,15,21H,6,10,14,16-17H2,(H,25,27)/t21-/m0/s1. The second-order valence-corrected chi connectivity index (χ2v) is 7.28. The highest BCUT2D eigenvalue weighted by molar-refractivity contribution is 5.96. The molecule has 1 atom stereocenters. The number of benzene rings is 2. The van der Waals surface area contributed by atoms with Crippen LogP contribution in [0.3, 0.4) is 0 Å². The highest BCUT2D eigenvalue weighted by Gasteiger charge is 2.35. The average molecular weight is 388 g/mol. The van der Waals surface area contributed by atoms with E-state index in [4.69, 9.17) is 4.42 Å². The molecular formula is C24H24N2O3. The molecule has 1 N–H and O–H groups in total. The smallest absolute Gasteiger partial charge is 0.290 e. The summed E-state index contributed by atoms with van der Waals surface area (Å²) in [6, 6.07) is 20.9. The topological polar surface area (TPSA) is 62.6 Å². The lowest BCUT2D eigenvalue weighted by atomic mass is 9.93. The maximum Gasteiger partial charge on any atom is 0.290 e. The van der Waals surface area contributed by atoms with E-state index in [0.717, 1.165) is 24.0 Å². The zero-order chi connectivity index (χ0) is 20.1. The SMILES string of the molecule is O=C(NCCCc1ccccc1)[C@@H]1Cc2ccccc2CN1C(=O)c1ccco1. The number of rotatable bonds is 6. The molecule has 1 aromatic heterocycles. The summed E-state index contributed by atoms with van der Waals surface area (Å²) in [5, 5.41) is 3.02. The van der Waals surface area contributed by atoms with Crippen LogP contribution in [0.25, 0.3) is 0 Å². The molecule has 5 heteroatoms. The van der Waals surface area contributed by atoms with Crippen molar-refractivity contribution in [2.24, 2.45) is 0 Å². The molecule has 0 spiro atoms. The third-order valence-corrected chi connectivity index (χ3v) is 5.33. The van der Waals surface area contributed by atoms with Gasteiger partial charge in [-0.3, -0.25) is 9.59 Å². The molecule has 5 nitrogen and oxygen atoms in total. The van der Waals surface area contributed by atoms with E-state index in [1.54, 1.807) is 17.0 Å². The van der Waals surface area contributed by atoms with Crippen LogP contribution in [0.2, 0.25) is 0 Å². The van der Waals surface area contributed by atoms with Gasteiger partial charge in [-0.1, -0.05) is 54.6 Å². The van der Waals surface area contributed by atoms with Gasteiger partial charge in [0.15, 0.2) is 5.76 Å². The Balaban J connectivity index is 1.43. The first-order chi connectivity index (χ1) is 14.2. The molecule has 1 aliphatic heterocycles. The number of carbonyl (C=O) groups is 2. The first-order valence-corrected chi connectivity index (χ1v) is 9.95. The molecule has 0 unspecified atom stereocenters. The largest absolute Gasteiger partial charge is 0.459 e. The van der Waals surface area contributed by atoms with E-state index >= 15 is 0 Å². The van der Waals surface area contributed by atoms with E-state index in [1.807, 2.05) is 42.5 Å². The van der Waals surface area contributed by atoms with Crippen molar-refractivity contribution in [3.63, 3.8) is 0 Å². The third-order valence-electron chi connectivity index (χ3n) is 5.33. The Morgan fingerprint density at radius 1 is 0.966 bits per heavy atom. The van der Waals surface area contributed by atoms with Crippen molar-refractivity contribution in [2.45, 2.75) is 31.8 Å². The zero-order valence-electron chi connectivity index (χ0n) is 16.2. The van der Waals surface area contributed by atoms with Crippen molar-refractivity contribution in [3.05, 3.63) is 95.4 Å². The van der Waals surface area contributed by atoms with Gasteiger partial charge in [0, 0.05) is 19.5 Å². The summed E-state index contributed by atoms with van der Waals surface area (Å²) in [7, 11) is 0. The third kappa shape index (κ3) is 4.40. The second kappa shape index (κ2) is 8.78. The molecule has 2 heterocycles. The number of fused-ring (bicyclic) bond motifs is 1. The molecule has 0 bridgehead atoms. The summed E-state index contributed by atoms with van der Waals surface area (Å²) in [4.78, 5) is 27.5. The minimum atomic E-state index is -0.542. The van der Waals surface area contributed by atoms with Crippen molar-refractivity contribution >= 4 is 11.8 Å². The molecule has 0 fully saturated rings. The number of carbonyl (C=O) groups excluding carboxylic acids is 2. The van der Waals surface area contributed by atoms with Gasteiger partial charge in [0.05, 0.1) is 6.26 Å². The van der Waals surface area contributed by atoms with Crippen molar-refractivity contribution in [1.82, 2.24) is 10.2 Å². The normalized spacial score (nSPS) is 15.6. The second-order valence-electron chi connectivity index (χ2n) is 7.28. The molecule has 0 aliphatic carbocycles. The van der Waals surface area contributed by atoms with Gasteiger partial charge in [0.1, 0.15) is 6.04 Å². The Hall–Kier alpha value is -3.34. The van der Waals surface area contributed by atoms with Crippen LogP contribution in [-0.2, 0) is 24.2 Å². The Labute approximate surface area is 170 Å². The Morgan fingerprint density at radius 3 is 2.48 bits per heavy atom. The molecule has 1 aliphatic rings. The van der Waals surface area contributed by atoms with Crippen LogP contribution in [0.1, 0.15) is 33.7 Å². The Kier molecular flexibility index (Phi) is 5.75. The molecule has 2 aromatic carbocycles. The lowest BCUT2D eigenvalue weighted by Crippen LogP contribution is -2.52. The molecule has 0 saturated carbocycles. The first kappa shape index (κ1) is 19.0. The summed E-state index contributed by atoms with van der Waals surface area (Å²) in [6.07, 6.45) is 3.74. The van der Waals surface area contributed by atoms with Gasteiger partial charge in [-0.2, -0.15) is 0 Å². The molecule has 148 valence electrons. The Morgan fingerprint density at radius 2 is 1.72 bits per heavy atom. The minimum absolute atomic E-state index is 0.118. The average Bonchev–Trinajstić information content (AvgIpc) is 3.31. The van der Waals surface area contributed by atoms with Gasteiger partial charge in [-0.15, -0.1) is 0 Å². The number of furan rings is 1. The van der Waals surface area contributed by atoms with E-state index < -0.39 is 6.04 Å². The van der Waals surface area contributed by atoms with E-state index in [9.17, 15) is 9.59 Å². The summed E-state index contributed by atoms with van der Waals surface area (Å²) >= 11 is 0. The lowest BCUT2D eigenvalue weighted by molar-refractivity contribution is -0.126. The van der Waals surface area contributed by atoms with Crippen molar-refractivity contribution in [1.29, 1.82) is 0 Å². The van der Waals surface area contributed by atoms with Crippen LogP contribution in [-0.4, -0.2) is 29.3 Å². The maximum absolute atomic E-state index is 13.0. The highest BCUT2D eigenvalue weighted by Crippen LogP contribution is 2.25. The predicted octanol–water partition coefficient (Wildman–Crippen LogP) is 3.60. The van der Waals surface area contributed by atoms with Crippen molar-refractivity contribution in [3.8, 4) is 0 Å². The van der Waals surface area contributed by atoms with Crippen LogP contribution >= 0.6 is 0 Å². The number of nitrogens with zero attached hydrogens (tertiary/aromatic N) is 1. The minimum Gasteiger partial charge on any atom is -0.459 e. The summed E-state index contributed by atoms with van der Waals surface area (Å²) < 4.78 is 5.29. The van der Waals surface area contributed by atoms with Crippen LogP contribution < -0.4 is 5.32 Å². The monoisotopic (exact) mass is 388 g/mol. The van der Waals surface area contributed by atoms with E-state index in [0.29, 0.717) is 19.5 Å². The number of nitrogens with one attached hydrogen (secondary N) is 1. The lowest BCUT2D eigenvalue weighted by Gasteiger charge is -2.35. The fourth-order valence-corrected chi connectivity index (χ4v) is 3.78. The molecule has 29 heavy (non-hydrogen) atoms. The molecule has 0 radical (unpaired) electrons. The van der Waals surface area contributed by atoms with Gasteiger partial charge in [-0.05, 0) is 41.7 Å². The van der Waals surface area contributed by atoms with Crippen LogP contribution in [0.5, 0.6) is 0 Å². The fraction of sp³-hybridized carbons (Fsp3) is 0.250. The van der Waals surface area contributed by atoms with Crippen molar-refractivity contribution in [2.75, 3.05) is 6.54 Å². The van der Waals surface area contributed by atoms with E-state index in [-0.39, 0.29) is 17.6 Å². The Bertz CT molecular complexity index is 967. The van der Waals surface area contributed by atoms with Gasteiger partial charge in [-0.25, -0.2) is 0 Å². The van der Waals surface area contributed by atoms with Crippen LogP contribution in [0.4, 0.5) is 0 Å². The molecular weight excluding hydrogens is 364 g/mol. The van der Waals surface area contributed by atoms with Gasteiger partial charge in [0.25, 0.3) is 5.91 Å². The summed E-state index contributed by atoms with van der Waals surface area (Å²) in [5.41, 5.74) is 3.43. The molecule has 4 rings (SSSR count). The number of hydrogen-bond donors (Lipinski definition) is 1. The van der Waals surface area contributed by atoms with Crippen molar-refractivity contribution < 1.29 is 14.0 Å². The molecule has 3 aromatic rings. The first-order valence-electron chi connectivity index (χ1n) is 9.95. The fourth-order valence-electron chi connectivity index (χ4n) is 3.78. The maximum atomic E-state index is 13.0. The number of aryl methyl sites for hydroxylation is 1.